The smallest absolute Gasteiger partial charge is 0.303 e. The van der Waals surface area contributed by atoms with Gasteiger partial charge in [-0.25, -0.2) is 0 Å². The van der Waals surface area contributed by atoms with E-state index in [-0.39, 0.29) is 38.1 Å². The molecule has 5 nitrogen and oxygen atoms in total. The van der Waals surface area contributed by atoms with E-state index in [4.69, 9.17) is 5.11 Å². The fourth-order valence-electron chi connectivity index (χ4n) is 2.65. The number of rotatable bonds is 16. The molecule has 0 aliphatic rings. The van der Waals surface area contributed by atoms with Crippen LogP contribution in [-0.4, -0.2) is 27.5 Å². The summed E-state index contributed by atoms with van der Waals surface area (Å²) in [7, 11) is 0. The van der Waals surface area contributed by atoms with Crippen LogP contribution in [0.25, 0.3) is 0 Å². The average molecular weight is 386 g/mol. The summed E-state index contributed by atoms with van der Waals surface area (Å²) in [5.41, 5.74) is 0. The first-order chi connectivity index (χ1) is 9.77. The maximum Gasteiger partial charge on any atom is 0.303 e. The number of carbonyl (C=O) groups is 1. The first-order valence-electron chi connectivity index (χ1n) is 8.99. The molecule has 0 spiro atoms. The van der Waals surface area contributed by atoms with E-state index in [1.807, 2.05) is 0 Å². The van der Waals surface area contributed by atoms with E-state index in [0.29, 0.717) is 6.42 Å². The molecule has 0 aliphatic carbocycles. The molecule has 148 valence electrons. The number of unbranched alkanes of at least 4 members (excludes halogenated alkanes) is 14. The van der Waals surface area contributed by atoms with Crippen LogP contribution in [0, 0.1) is 0 Å². The minimum atomic E-state index is -0.653. The van der Waals surface area contributed by atoms with Crippen LogP contribution < -0.4 is 0 Å². The van der Waals surface area contributed by atoms with Crippen molar-refractivity contribution in [2.75, 3.05) is 0 Å². The van der Waals surface area contributed by atoms with Crippen molar-refractivity contribution in [2.45, 2.75) is 110 Å². The number of aliphatic carboxylic acids is 1. The van der Waals surface area contributed by atoms with Gasteiger partial charge >= 0.3 is 5.97 Å². The van der Waals surface area contributed by atoms with Crippen molar-refractivity contribution < 1.29 is 48.0 Å². The molecule has 24 heavy (non-hydrogen) atoms. The molecule has 0 unspecified atom stereocenters. The van der Waals surface area contributed by atoms with Crippen LogP contribution in [0.15, 0.2) is 0 Å². The van der Waals surface area contributed by atoms with Gasteiger partial charge in [-0.15, -0.1) is 0 Å². The Labute approximate surface area is 163 Å². The standard InChI is InChI=1S/C18H36O2.3H2O.Ti/c1-2-3-4-5-6-7-8-9-10-11-12-13-14-15-16-17-18(19)20;;;;/h2-17H2,1H3,(H,19,20);3*1H2;. The Morgan fingerprint density at radius 3 is 1.08 bits per heavy atom. The van der Waals surface area contributed by atoms with Gasteiger partial charge in [-0.3, -0.25) is 4.79 Å². The van der Waals surface area contributed by atoms with E-state index in [2.05, 4.69) is 6.92 Å². The summed E-state index contributed by atoms with van der Waals surface area (Å²) < 4.78 is 0. The van der Waals surface area contributed by atoms with E-state index >= 15 is 0 Å². The van der Waals surface area contributed by atoms with Crippen LogP contribution in [0.4, 0.5) is 0 Å². The van der Waals surface area contributed by atoms with Gasteiger partial charge in [-0.1, -0.05) is 96.8 Å². The van der Waals surface area contributed by atoms with E-state index in [1.165, 1.54) is 83.5 Å². The summed E-state index contributed by atoms with van der Waals surface area (Å²) in [4.78, 5) is 10.3. The molecular weight excluding hydrogens is 344 g/mol. The minimum Gasteiger partial charge on any atom is -0.481 e. The van der Waals surface area contributed by atoms with Gasteiger partial charge in [0, 0.05) is 28.1 Å². The number of carboxylic acids is 1. The first-order valence-corrected chi connectivity index (χ1v) is 8.99. The van der Waals surface area contributed by atoms with Crippen molar-refractivity contribution in [3.05, 3.63) is 0 Å². The number of hydrogen-bond acceptors (Lipinski definition) is 1. The van der Waals surface area contributed by atoms with Gasteiger partial charge in [0.1, 0.15) is 0 Å². The quantitative estimate of drug-likeness (QED) is 0.319. The van der Waals surface area contributed by atoms with Crippen LogP contribution in [0.2, 0.25) is 0 Å². The maximum absolute atomic E-state index is 10.3. The first kappa shape index (κ1) is 35.2. The topological polar surface area (TPSA) is 132 Å². The molecule has 0 fully saturated rings. The second kappa shape index (κ2) is 30.9. The SMILES string of the molecule is CCCCCCCCCCCCCCCCCC(=O)O.O.O.O.[Ti]. The Kier molecular flexibility index (Phi) is 45.3. The van der Waals surface area contributed by atoms with E-state index in [0.717, 1.165) is 12.8 Å². The van der Waals surface area contributed by atoms with Gasteiger partial charge in [0.05, 0.1) is 0 Å². The summed E-state index contributed by atoms with van der Waals surface area (Å²) in [6.45, 7) is 2.27. The third kappa shape index (κ3) is 33.6. The largest absolute Gasteiger partial charge is 0.481 e. The van der Waals surface area contributed by atoms with Crippen molar-refractivity contribution >= 4 is 5.97 Å². The fraction of sp³-hybridized carbons (Fsp3) is 0.944. The summed E-state index contributed by atoms with van der Waals surface area (Å²) in [5.74, 6) is -0.653. The predicted molar refractivity (Wildman–Crippen MR) is 98.0 cm³/mol. The zero-order valence-corrected chi connectivity index (χ0v) is 17.2. The van der Waals surface area contributed by atoms with E-state index in [1.54, 1.807) is 0 Å². The van der Waals surface area contributed by atoms with Crippen LogP contribution in [0.1, 0.15) is 110 Å². The molecule has 0 aromatic heterocycles. The zero-order valence-electron chi connectivity index (χ0n) is 15.7. The van der Waals surface area contributed by atoms with Gasteiger partial charge in [0.15, 0.2) is 0 Å². The summed E-state index contributed by atoms with van der Waals surface area (Å²) >= 11 is 0. The molecule has 0 amide bonds. The Balaban J connectivity index is -0.000000301. The number of hydrogen-bond donors (Lipinski definition) is 1. The fourth-order valence-corrected chi connectivity index (χ4v) is 2.65. The molecule has 0 saturated heterocycles. The van der Waals surface area contributed by atoms with Crippen LogP contribution >= 0.6 is 0 Å². The van der Waals surface area contributed by atoms with Crippen LogP contribution in [0.3, 0.4) is 0 Å². The molecule has 0 heterocycles. The van der Waals surface area contributed by atoms with Crippen molar-refractivity contribution in [1.29, 1.82) is 0 Å². The molecule has 0 aromatic carbocycles. The summed E-state index contributed by atoms with van der Waals surface area (Å²) in [6.07, 6.45) is 20.2. The van der Waals surface area contributed by atoms with Crippen molar-refractivity contribution in [3.8, 4) is 0 Å². The number of carboxylic acid groups (broad SMARTS) is 1. The molecular formula is C18H42O5Ti. The van der Waals surface area contributed by atoms with E-state index < -0.39 is 5.97 Å². The molecule has 6 heteroatoms. The molecule has 0 saturated carbocycles. The Bertz CT molecular complexity index is 216. The van der Waals surface area contributed by atoms with E-state index in [9.17, 15) is 4.79 Å². The average Bonchev–Trinajstić information content (AvgIpc) is 2.43. The van der Waals surface area contributed by atoms with Gasteiger partial charge in [0.25, 0.3) is 0 Å². The molecule has 0 aromatic rings. The third-order valence-corrected chi connectivity index (χ3v) is 3.99. The molecule has 7 N–H and O–H groups in total. The summed E-state index contributed by atoms with van der Waals surface area (Å²) in [6, 6.07) is 0. The minimum absolute atomic E-state index is 0. The summed E-state index contributed by atoms with van der Waals surface area (Å²) in [5, 5.41) is 8.52. The van der Waals surface area contributed by atoms with Crippen LogP contribution in [0.5, 0.6) is 0 Å². The van der Waals surface area contributed by atoms with Gasteiger partial charge in [-0.05, 0) is 6.42 Å². The molecule has 0 aliphatic heterocycles. The van der Waals surface area contributed by atoms with Gasteiger partial charge in [-0.2, -0.15) is 0 Å². The third-order valence-electron chi connectivity index (χ3n) is 3.99. The monoisotopic (exact) mass is 386 g/mol. The van der Waals surface area contributed by atoms with Crippen molar-refractivity contribution in [2.24, 2.45) is 0 Å². The predicted octanol–water partition coefficient (Wildman–Crippen LogP) is 3.86. The molecule has 0 atom stereocenters. The second-order valence-electron chi connectivity index (χ2n) is 6.09. The second-order valence-corrected chi connectivity index (χ2v) is 6.09. The molecule has 0 rings (SSSR count). The van der Waals surface area contributed by atoms with Gasteiger partial charge in [0.2, 0.25) is 0 Å². The Morgan fingerprint density at radius 2 is 0.833 bits per heavy atom. The molecule has 0 radical (unpaired) electrons. The Morgan fingerprint density at radius 1 is 0.583 bits per heavy atom. The van der Waals surface area contributed by atoms with Crippen molar-refractivity contribution in [1.82, 2.24) is 0 Å². The molecule has 0 bridgehead atoms. The Hall–Kier alpha value is 0.0643. The zero-order chi connectivity index (χ0) is 14.9. The van der Waals surface area contributed by atoms with Crippen LogP contribution in [-0.2, 0) is 26.5 Å². The normalized spacial score (nSPS) is 9.04. The van der Waals surface area contributed by atoms with Crippen molar-refractivity contribution in [3.63, 3.8) is 0 Å². The van der Waals surface area contributed by atoms with Gasteiger partial charge < -0.3 is 21.5 Å². The maximum atomic E-state index is 10.3.